The molecular formula is C33H36ClN5O2. The Bertz CT molecular complexity index is 1610. The second kappa shape index (κ2) is 11.2. The Labute approximate surface area is 245 Å². The quantitative estimate of drug-likeness (QED) is 0.224. The lowest BCUT2D eigenvalue weighted by Gasteiger charge is -2.41. The minimum Gasteiger partial charge on any atom is -0.455 e. The third-order valence-corrected chi connectivity index (χ3v) is 8.63. The molecule has 2 aromatic carbocycles. The van der Waals surface area contributed by atoms with Gasteiger partial charge in [0.15, 0.2) is 0 Å². The summed E-state index contributed by atoms with van der Waals surface area (Å²) in [6, 6.07) is 18.1. The molecule has 4 N–H and O–H groups in total. The van der Waals surface area contributed by atoms with Crippen molar-refractivity contribution in [3.05, 3.63) is 88.7 Å². The molecule has 0 bridgehead atoms. The number of nitrogens with two attached hydrogens (primary N) is 1. The summed E-state index contributed by atoms with van der Waals surface area (Å²) in [6.07, 6.45) is 7.75. The van der Waals surface area contributed by atoms with Crippen LogP contribution in [0.15, 0.2) is 72.6 Å². The van der Waals surface area contributed by atoms with E-state index in [-0.39, 0.29) is 11.5 Å². The molecule has 4 aromatic rings. The van der Waals surface area contributed by atoms with E-state index < -0.39 is 5.91 Å². The molecule has 3 heterocycles. The van der Waals surface area contributed by atoms with Gasteiger partial charge in [-0.25, -0.2) is 4.98 Å². The lowest BCUT2D eigenvalue weighted by Crippen LogP contribution is -2.51. The number of hydrogen-bond acceptors (Lipinski definition) is 5. The van der Waals surface area contributed by atoms with Gasteiger partial charge in [0.2, 0.25) is 0 Å². The molecule has 6 rings (SSSR count). The highest BCUT2D eigenvalue weighted by atomic mass is 35.5. The van der Waals surface area contributed by atoms with E-state index in [1.165, 1.54) is 23.1 Å². The van der Waals surface area contributed by atoms with Crippen molar-refractivity contribution in [2.24, 2.45) is 11.1 Å². The van der Waals surface area contributed by atoms with Crippen LogP contribution in [0.4, 0.5) is 5.69 Å². The van der Waals surface area contributed by atoms with Crippen molar-refractivity contribution in [2.45, 2.75) is 45.6 Å². The van der Waals surface area contributed by atoms with Gasteiger partial charge in [-0.2, -0.15) is 0 Å². The van der Waals surface area contributed by atoms with Gasteiger partial charge in [0.25, 0.3) is 5.91 Å². The maximum absolute atomic E-state index is 12.3. The number of rotatable bonds is 7. The van der Waals surface area contributed by atoms with Crippen molar-refractivity contribution >= 4 is 39.8 Å². The number of halogens is 1. The first-order valence-electron chi connectivity index (χ1n) is 14.2. The van der Waals surface area contributed by atoms with Gasteiger partial charge in [0.05, 0.1) is 11.8 Å². The van der Waals surface area contributed by atoms with Gasteiger partial charge < -0.3 is 25.7 Å². The van der Waals surface area contributed by atoms with Crippen molar-refractivity contribution < 1.29 is 9.53 Å². The van der Waals surface area contributed by atoms with E-state index in [0.717, 1.165) is 60.6 Å². The number of fused-ring (bicyclic) bond motifs is 1. The molecule has 7 nitrogen and oxygen atoms in total. The Balaban J connectivity index is 1.32. The van der Waals surface area contributed by atoms with E-state index in [2.05, 4.69) is 46.2 Å². The number of piperazine rings is 1. The highest BCUT2D eigenvalue weighted by Crippen LogP contribution is 2.45. The fourth-order valence-corrected chi connectivity index (χ4v) is 6.29. The molecule has 1 fully saturated rings. The molecule has 0 saturated carbocycles. The first kappa shape index (κ1) is 27.4. The number of H-pyrrole nitrogens is 1. The number of hydrogen-bond donors (Lipinski definition) is 3. The van der Waals surface area contributed by atoms with Crippen LogP contribution < -0.4 is 20.7 Å². The highest BCUT2D eigenvalue weighted by Gasteiger charge is 2.31. The monoisotopic (exact) mass is 569 g/mol. The molecule has 1 unspecified atom stereocenters. The zero-order chi connectivity index (χ0) is 28.6. The highest BCUT2D eigenvalue weighted by molar-refractivity contribution is 6.30. The standard InChI is InChI=1S/C33H36ClN5O2/c1-33(2)11-9-22(29(18-33)21-3-5-24(34)6-4-21)15-26-19-36-13-14-39(26)25-7-8-28(31(35)40)30(17-25)41-27-16-23-10-12-37-32(23)38-20-27/h3-8,10,12,16-17,20,26,36H,9,11,13-15,18-19H2,1-2H3,(H2,35,40)(H,37,38). The SMILES string of the molecule is CC1(C)CCC(CC2CNCCN2c2ccc(C(N)=O)c(Oc3cnc4[nH]ccc4c3)c2)=C(c2ccc(Cl)cc2)C1. The van der Waals surface area contributed by atoms with Gasteiger partial charge in [0.1, 0.15) is 17.1 Å². The summed E-state index contributed by atoms with van der Waals surface area (Å²) in [5.74, 6) is 0.460. The minimum absolute atomic E-state index is 0.257. The van der Waals surface area contributed by atoms with Crippen molar-refractivity contribution in [3.8, 4) is 11.5 Å². The predicted molar refractivity (Wildman–Crippen MR) is 166 cm³/mol. The van der Waals surface area contributed by atoms with Crippen LogP contribution in [0.1, 0.15) is 55.5 Å². The molecule has 1 aliphatic heterocycles. The van der Waals surface area contributed by atoms with Gasteiger partial charge in [-0.15, -0.1) is 0 Å². The van der Waals surface area contributed by atoms with E-state index in [9.17, 15) is 4.79 Å². The Morgan fingerprint density at radius 2 is 2.00 bits per heavy atom. The van der Waals surface area contributed by atoms with Crippen molar-refractivity contribution in [1.82, 2.24) is 15.3 Å². The van der Waals surface area contributed by atoms with E-state index in [0.29, 0.717) is 17.1 Å². The van der Waals surface area contributed by atoms with Crippen LogP contribution in [0, 0.1) is 5.41 Å². The van der Waals surface area contributed by atoms with Gasteiger partial charge in [0, 0.05) is 54.0 Å². The van der Waals surface area contributed by atoms with Crippen molar-refractivity contribution in [2.75, 3.05) is 24.5 Å². The summed E-state index contributed by atoms with van der Waals surface area (Å²) in [5.41, 5.74) is 12.4. The number of allylic oxidation sites excluding steroid dienone is 1. The maximum atomic E-state index is 12.3. The van der Waals surface area contributed by atoms with Crippen molar-refractivity contribution in [3.63, 3.8) is 0 Å². The number of aromatic nitrogens is 2. The summed E-state index contributed by atoms with van der Waals surface area (Å²) in [4.78, 5) is 22.3. The minimum atomic E-state index is -0.526. The molecule has 0 spiro atoms. The number of benzene rings is 2. The third-order valence-electron chi connectivity index (χ3n) is 8.38. The zero-order valence-corrected chi connectivity index (χ0v) is 24.3. The van der Waals surface area contributed by atoms with Crippen LogP contribution in [-0.2, 0) is 0 Å². The van der Waals surface area contributed by atoms with E-state index in [1.54, 1.807) is 12.3 Å². The second-order valence-corrected chi connectivity index (χ2v) is 12.4. The maximum Gasteiger partial charge on any atom is 0.252 e. The smallest absolute Gasteiger partial charge is 0.252 e. The number of pyridine rings is 1. The summed E-state index contributed by atoms with van der Waals surface area (Å²) in [6.45, 7) is 7.33. The predicted octanol–water partition coefficient (Wildman–Crippen LogP) is 6.94. The van der Waals surface area contributed by atoms with Gasteiger partial charge in [-0.1, -0.05) is 43.2 Å². The fraction of sp³-hybridized carbons (Fsp3) is 0.333. The normalized spacial score (nSPS) is 19.0. The van der Waals surface area contributed by atoms with Crippen LogP contribution in [-0.4, -0.2) is 41.6 Å². The number of nitrogens with zero attached hydrogens (tertiary/aromatic N) is 2. The number of anilines is 1. The topological polar surface area (TPSA) is 96.3 Å². The fourth-order valence-electron chi connectivity index (χ4n) is 6.16. The van der Waals surface area contributed by atoms with Crippen LogP contribution in [0.5, 0.6) is 11.5 Å². The van der Waals surface area contributed by atoms with E-state index in [4.69, 9.17) is 22.1 Å². The summed E-state index contributed by atoms with van der Waals surface area (Å²) >= 11 is 6.23. The van der Waals surface area contributed by atoms with Gasteiger partial charge in [-0.05, 0) is 78.6 Å². The Hall–Kier alpha value is -3.81. The zero-order valence-electron chi connectivity index (χ0n) is 23.5. The van der Waals surface area contributed by atoms with Crippen LogP contribution in [0.3, 0.4) is 0 Å². The molecule has 1 atom stereocenters. The summed E-state index contributed by atoms with van der Waals surface area (Å²) < 4.78 is 6.23. The molecule has 0 radical (unpaired) electrons. The van der Waals surface area contributed by atoms with E-state index >= 15 is 0 Å². The number of carbonyl (C=O) groups excluding carboxylic acids is 1. The number of carbonyl (C=O) groups is 1. The summed E-state index contributed by atoms with van der Waals surface area (Å²) in [5, 5.41) is 5.29. The van der Waals surface area contributed by atoms with E-state index in [1.807, 2.05) is 42.6 Å². The number of amides is 1. The first-order valence-corrected chi connectivity index (χ1v) is 14.6. The molecule has 1 saturated heterocycles. The molecule has 41 heavy (non-hydrogen) atoms. The Kier molecular flexibility index (Phi) is 7.49. The molecule has 8 heteroatoms. The lowest BCUT2D eigenvalue weighted by molar-refractivity contribution is 0.0998. The number of primary amides is 1. The Morgan fingerprint density at radius 1 is 1.17 bits per heavy atom. The van der Waals surface area contributed by atoms with Crippen LogP contribution >= 0.6 is 11.6 Å². The lowest BCUT2D eigenvalue weighted by atomic mass is 9.71. The molecule has 1 amide bonds. The second-order valence-electron chi connectivity index (χ2n) is 11.9. The molecule has 2 aliphatic rings. The molecular weight excluding hydrogens is 534 g/mol. The van der Waals surface area contributed by atoms with Crippen molar-refractivity contribution in [1.29, 1.82) is 0 Å². The number of nitrogens with one attached hydrogen (secondary N) is 2. The molecule has 212 valence electrons. The average molecular weight is 570 g/mol. The number of ether oxygens (including phenoxy) is 1. The average Bonchev–Trinajstić information content (AvgIpc) is 3.42. The Morgan fingerprint density at radius 3 is 2.80 bits per heavy atom. The molecule has 1 aliphatic carbocycles. The van der Waals surface area contributed by atoms with Crippen LogP contribution in [0.25, 0.3) is 16.6 Å². The van der Waals surface area contributed by atoms with Gasteiger partial charge in [-0.3, -0.25) is 4.79 Å². The number of aromatic amines is 1. The van der Waals surface area contributed by atoms with Gasteiger partial charge >= 0.3 is 0 Å². The van der Waals surface area contributed by atoms with Crippen LogP contribution in [0.2, 0.25) is 5.02 Å². The largest absolute Gasteiger partial charge is 0.455 e. The molecule has 2 aromatic heterocycles. The first-order chi connectivity index (χ1) is 19.8. The third kappa shape index (κ3) is 5.97. The summed E-state index contributed by atoms with van der Waals surface area (Å²) in [7, 11) is 0.